The van der Waals surface area contributed by atoms with Crippen LogP contribution in [0.1, 0.15) is 5.56 Å². The molecule has 0 atom stereocenters. The number of likely N-dealkylation sites (N-methyl/N-ethyl adjacent to an activating group) is 1. The van der Waals surface area contributed by atoms with Crippen molar-refractivity contribution in [3.63, 3.8) is 0 Å². The highest BCUT2D eigenvalue weighted by Gasteiger charge is 2.05. The first-order chi connectivity index (χ1) is 7.33. The van der Waals surface area contributed by atoms with E-state index >= 15 is 0 Å². The molecule has 0 aliphatic rings. The smallest absolute Gasteiger partial charge is 0.167 e. The van der Waals surface area contributed by atoms with Crippen LogP contribution < -0.4 is 14.8 Å². The van der Waals surface area contributed by atoms with Gasteiger partial charge in [0.2, 0.25) is 0 Å². The molecule has 0 saturated carbocycles. The number of para-hydroxylation sites is 1. The molecule has 1 aromatic carbocycles. The van der Waals surface area contributed by atoms with Crippen molar-refractivity contribution in [2.45, 2.75) is 0 Å². The van der Waals surface area contributed by atoms with Crippen molar-refractivity contribution in [1.29, 1.82) is 0 Å². The average Bonchev–Trinajstić information content (AvgIpc) is 2.29. The highest BCUT2D eigenvalue weighted by Crippen LogP contribution is 2.31. The van der Waals surface area contributed by atoms with Gasteiger partial charge in [-0.2, -0.15) is 0 Å². The van der Waals surface area contributed by atoms with Gasteiger partial charge < -0.3 is 14.8 Å². The standard InChI is InChI=1S/C12H17NO2/c1-13-9-5-7-10-6-4-8-11(14-2)12(10)15-3/h4-8,13H,9H2,1-3H3/b7-5+. The Bertz CT molecular complexity index is 334. The lowest BCUT2D eigenvalue weighted by atomic mass is 10.1. The monoisotopic (exact) mass is 207 g/mol. The molecule has 3 nitrogen and oxygen atoms in total. The molecule has 1 aromatic rings. The van der Waals surface area contributed by atoms with Crippen molar-refractivity contribution < 1.29 is 9.47 Å². The molecule has 0 radical (unpaired) electrons. The van der Waals surface area contributed by atoms with E-state index in [1.165, 1.54) is 0 Å². The van der Waals surface area contributed by atoms with Gasteiger partial charge in [-0.3, -0.25) is 0 Å². The van der Waals surface area contributed by atoms with Crippen LogP contribution in [0.25, 0.3) is 6.08 Å². The number of hydrogen-bond donors (Lipinski definition) is 1. The Morgan fingerprint density at radius 1 is 1.27 bits per heavy atom. The van der Waals surface area contributed by atoms with Crippen LogP contribution in [0.5, 0.6) is 11.5 Å². The zero-order chi connectivity index (χ0) is 11.1. The normalized spacial score (nSPS) is 10.6. The van der Waals surface area contributed by atoms with Crippen LogP contribution in [0, 0.1) is 0 Å². The van der Waals surface area contributed by atoms with Crippen molar-refractivity contribution in [3.8, 4) is 11.5 Å². The largest absolute Gasteiger partial charge is 0.493 e. The third-order valence-corrected chi connectivity index (χ3v) is 2.05. The lowest BCUT2D eigenvalue weighted by Gasteiger charge is -2.09. The van der Waals surface area contributed by atoms with Crippen LogP contribution in [-0.2, 0) is 0 Å². The Labute approximate surface area is 90.7 Å². The quantitative estimate of drug-likeness (QED) is 0.800. The summed E-state index contributed by atoms with van der Waals surface area (Å²) in [6.07, 6.45) is 4.05. The second-order valence-corrected chi connectivity index (χ2v) is 3.04. The number of hydrogen-bond acceptors (Lipinski definition) is 3. The van der Waals surface area contributed by atoms with Crippen LogP contribution in [-0.4, -0.2) is 27.8 Å². The fourth-order valence-electron chi connectivity index (χ4n) is 1.35. The fourth-order valence-corrected chi connectivity index (χ4v) is 1.35. The lowest BCUT2D eigenvalue weighted by molar-refractivity contribution is 0.354. The first-order valence-electron chi connectivity index (χ1n) is 4.85. The average molecular weight is 207 g/mol. The van der Waals surface area contributed by atoms with Crippen LogP contribution in [0.2, 0.25) is 0 Å². The predicted molar refractivity (Wildman–Crippen MR) is 62.5 cm³/mol. The molecule has 3 heteroatoms. The predicted octanol–water partition coefficient (Wildman–Crippen LogP) is 1.94. The van der Waals surface area contributed by atoms with E-state index in [1.54, 1.807) is 14.2 Å². The van der Waals surface area contributed by atoms with Gasteiger partial charge in [0.25, 0.3) is 0 Å². The van der Waals surface area contributed by atoms with E-state index in [2.05, 4.69) is 5.32 Å². The number of methoxy groups -OCH3 is 2. The van der Waals surface area contributed by atoms with Crippen LogP contribution in [0.15, 0.2) is 24.3 Å². The molecule has 1 N–H and O–H groups in total. The molecule has 1 rings (SSSR count). The van der Waals surface area contributed by atoms with Crippen molar-refractivity contribution in [2.75, 3.05) is 27.8 Å². The Kier molecular flexibility index (Phi) is 4.71. The van der Waals surface area contributed by atoms with Crippen LogP contribution in [0.3, 0.4) is 0 Å². The van der Waals surface area contributed by atoms with E-state index in [1.807, 2.05) is 37.4 Å². The molecule has 15 heavy (non-hydrogen) atoms. The van der Waals surface area contributed by atoms with Gasteiger partial charge in [0.1, 0.15) is 0 Å². The van der Waals surface area contributed by atoms with Crippen molar-refractivity contribution in [1.82, 2.24) is 5.32 Å². The highest BCUT2D eigenvalue weighted by atomic mass is 16.5. The molecule has 0 heterocycles. The van der Waals surface area contributed by atoms with E-state index in [4.69, 9.17) is 9.47 Å². The van der Waals surface area contributed by atoms with E-state index in [0.717, 1.165) is 23.6 Å². The zero-order valence-electron chi connectivity index (χ0n) is 9.41. The lowest BCUT2D eigenvalue weighted by Crippen LogP contribution is -2.03. The van der Waals surface area contributed by atoms with E-state index < -0.39 is 0 Å². The van der Waals surface area contributed by atoms with E-state index in [0.29, 0.717) is 0 Å². The Morgan fingerprint density at radius 3 is 2.67 bits per heavy atom. The van der Waals surface area contributed by atoms with Crippen LogP contribution in [0.4, 0.5) is 0 Å². The summed E-state index contributed by atoms with van der Waals surface area (Å²) in [5, 5.41) is 3.05. The molecule has 0 amide bonds. The van der Waals surface area contributed by atoms with Gasteiger partial charge in [-0.25, -0.2) is 0 Å². The maximum absolute atomic E-state index is 5.30. The molecule has 0 saturated heterocycles. The zero-order valence-corrected chi connectivity index (χ0v) is 9.41. The van der Waals surface area contributed by atoms with Gasteiger partial charge in [-0.15, -0.1) is 0 Å². The fraction of sp³-hybridized carbons (Fsp3) is 0.333. The Hall–Kier alpha value is -1.48. The molecule has 0 bridgehead atoms. The van der Waals surface area contributed by atoms with E-state index in [-0.39, 0.29) is 0 Å². The van der Waals surface area contributed by atoms with Crippen molar-refractivity contribution in [3.05, 3.63) is 29.8 Å². The maximum atomic E-state index is 5.30. The molecule has 0 aliphatic carbocycles. The number of ether oxygens (including phenoxy) is 2. The minimum absolute atomic E-state index is 0.754. The third-order valence-electron chi connectivity index (χ3n) is 2.05. The molecule has 0 aromatic heterocycles. The van der Waals surface area contributed by atoms with Crippen molar-refractivity contribution in [2.24, 2.45) is 0 Å². The summed E-state index contributed by atoms with van der Waals surface area (Å²) in [6, 6.07) is 5.82. The molecule has 0 aliphatic heterocycles. The van der Waals surface area contributed by atoms with Gasteiger partial charge in [-0.1, -0.05) is 24.3 Å². The second-order valence-electron chi connectivity index (χ2n) is 3.04. The Balaban J connectivity index is 2.95. The van der Waals surface area contributed by atoms with Gasteiger partial charge in [-0.05, 0) is 13.1 Å². The summed E-state index contributed by atoms with van der Waals surface area (Å²) in [5.41, 5.74) is 1.02. The summed E-state index contributed by atoms with van der Waals surface area (Å²) < 4.78 is 10.5. The second kappa shape index (κ2) is 6.09. The summed E-state index contributed by atoms with van der Waals surface area (Å²) in [7, 11) is 5.19. The summed E-state index contributed by atoms with van der Waals surface area (Å²) in [5.74, 6) is 1.52. The van der Waals surface area contributed by atoms with Gasteiger partial charge >= 0.3 is 0 Å². The maximum Gasteiger partial charge on any atom is 0.167 e. The highest BCUT2D eigenvalue weighted by molar-refractivity contribution is 5.62. The SMILES string of the molecule is CNC/C=C/c1cccc(OC)c1OC. The topological polar surface area (TPSA) is 30.5 Å². The van der Waals surface area contributed by atoms with Crippen molar-refractivity contribution >= 4 is 6.08 Å². The molecule has 82 valence electrons. The van der Waals surface area contributed by atoms with Gasteiger partial charge in [0.15, 0.2) is 11.5 Å². The minimum Gasteiger partial charge on any atom is -0.493 e. The molecule has 0 unspecified atom stereocenters. The van der Waals surface area contributed by atoms with E-state index in [9.17, 15) is 0 Å². The number of rotatable bonds is 5. The Morgan fingerprint density at radius 2 is 2.07 bits per heavy atom. The molecular weight excluding hydrogens is 190 g/mol. The third kappa shape index (κ3) is 2.99. The summed E-state index contributed by atoms with van der Waals surface area (Å²) in [4.78, 5) is 0. The molecule has 0 spiro atoms. The summed E-state index contributed by atoms with van der Waals surface area (Å²) in [6.45, 7) is 0.834. The minimum atomic E-state index is 0.754. The molecule has 0 fully saturated rings. The van der Waals surface area contributed by atoms with Gasteiger partial charge in [0.05, 0.1) is 14.2 Å². The number of benzene rings is 1. The van der Waals surface area contributed by atoms with Crippen LogP contribution >= 0.6 is 0 Å². The van der Waals surface area contributed by atoms with Gasteiger partial charge in [0, 0.05) is 12.1 Å². The molecular formula is C12H17NO2. The first-order valence-corrected chi connectivity index (χ1v) is 4.85. The summed E-state index contributed by atoms with van der Waals surface area (Å²) >= 11 is 0. The first kappa shape index (κ1) is 11.6. The number of nitrogens with one attached hydrogen (secondary N) is 1.